The number of aromatic nitrogens is 2. The van der Waals surface area contributed by atoms with Gasteiger partial charge in [0.15, 0.2) is 0 Å². The largest absolute Gasteiger partial charge is 0.483 e. The van der Waals surface area contributed by atoms with Crippen LogP contribution in [0, 0.1) is 0 Å². The van der Waals surface area contributed by atoms with E-state index in [1.54, 1.807) is 12.4 Å². The predicted octanol–water partition coefficient (Wildman–Crippen LogP) is 1.80. The second-order valence-corrected chi connectivity index (χ2v) is 2.01. The van der Waals surface area contributed by atoms with E-state index >= 15 is 0 Å². The first-order valence-corrected chi connectivity index (χ1v) is 3.92. The summed E-state index contributed by atoms with van der Waals surface area (Å²) in [6.45, 7) is -0.250. The van der Waals surface area contributed by atoms with Gasteiger partial charge in [0.1, 0.15) is 0 Å². The van der Waals surface area contributed by atoms with Crippen LogP contribution in [0.25, 0.3) is 0 Å². The highest BCUT2D eigenvalue weighted by atomic mass is 16.3. The Hall–Kier alpha value is -2.10. The van der Waals surface area contributed by atoms with E-state index in [4.69, 9.17) is 9.90 Å². The van der Waals surface area contributed by atoms with Gasteiger partial charge < -0.3 is 10.1 Å². The number of carboxylic acid groups (broad SMARTS) is 1. The molecule has 2 aromatic heterocycles. The molecular formula is C10H12N2O2. The Kier molecular flexibility index (Phi) is 9.27. The van der Waals surface area contributed by atoms with E-state index in [1.165, 1.54) is 0 Å². The number of pyridine rings is 1. The van der Waals surface area contributed by atoms with Gasteiger partial charge >= 0.3 is 0 Å². The second kappa shape index (κ2) is 10.9. The first-order valence-electron chi connectivity index (χ1n) is 3.92. The number of carbonyl (C=O) groups is 1. The zero-order valence-electron chi connectivity index (χ0n) is 7.58. The van der Waals surface area contributed by atoms with E-state index in [1.807, 2.05) is 42.7 Å². The number of hydrogen-bond donors (Lipinski definition) is 2. The Balaban J connectivity index is 0.000000193. The fraction of sp³-hybridized carbons (Fsp3) is 0. The highest BCUT2D eigenvalue weighted by Crippen LogP contribution is 1.73. The number of nitrogens with one attached hydrogen (secondary N) is 1. The van der Waals surface area contributed by atoms with Crippen LogP contribution in [0.2, 0.25) is 0 Å². The summed E-state index contributed by atoms with van der Waals surface area (Å²) in [7, 11) is 0. The van der Waals surface area contributed by atoms with Crippen molar-refractivity contribution in [1.29, 1.82) is 0 Å². The van der Waals surface area contributed by atoms with Crippen LogP contribution in [0.1, 0.15) is 0 Å². The zero-order valence-corrected chi connectivity index (χ0v) is 7.58. The number of rotatable bonds is 0. The maximum Gasteiger partial charge on any atom is 0.290 e. The topological polar surface area (TPSA) is 66.0 Å². The summed E-state index contributed by atoms with van der Waals surface area (Å²) in [4.78, 5) is 15.0. The fourth-order valence-electron chi connectivity index (χ4n) is 0.590. The van der Waals surface area contributed by atoms with Crippen molar-refractivity contribution in [2.24, 2.45) is 0 Å². The van der Waals surface area contributed by atoms with Crippen LogP contribution in [0.5, 0.6) is 0 Å². The predicted molar refractivity (Wildman–Crippen MR) is 53.7 cm³/mol. The van der Waals surface area contributed by atoms with Crippen molar-refractivity contribution in [2.45, 2.75) is 0 Å². The van der Waals surface area contributed by atoms with Crippen molar-refractivity contribution in [3.8, 4) is 0 Å². The molecule has 2 heterocycles. The highest BCUT2D eigenvalue weighted by Gasteiger charge is 1.58. The molecule has 0 atom stereocenters. The molecule has 0 saturated carbocycles. The maximum absolute atomic E-state index is 8.36. The average Bonchev–Trinajstić information content (AvgIpc) is 2.80. The van der Waals surface area contributed by atoms with Crippen molar-refractivity contribution in [1.82, 2.24) is 9.97 Å². The van der Waals surface area contributed by atoms with Gasteiger partial charge in [-0.3, -0.25) is 9.78 Å². The lowest BCUT2D eigenvalue weighted by molar-refractivity contribution is -0.122. The van der Waals surface area contributed by atoms with Gasteiger partial charge in [-0.2, -0.15) is 0 Å². The van der Waals surface area contributed by atoms with Crippen molar-refractivity contribution in [3.05, 3.63) is 55.1 Å². The molecule has 14 heavy (non-hydrogen) atoms. The van der Waals surface area contributed by atoms with Crippen LogP contribution < -0.4 is 0 Å². The molecule has 4 nitrogen and oxygen atoms in total. The molecule has 0 amide bonds. The van der Waals surface area contributed by atoms with Gasteiger partial charge in [-0.25, -0.2) is 0 Å². The van der Waals surface area contributed by atoms with Gasteiger partial charge in [-0.1, -0.05) is 6.07 Å². The molecular weight excluding hydrogens is 180 g/mol. The Labute approximate surface area is 82.2 Å². The van der Waals surface area contributed by atoms with Gasteiger partial charge in [0.2, 0.25) is 0 Å². The molecule has 0 aliphatic rings. The van der Waals surface area contributed by atoms with E-state index in [0.717, 1.165) is 0 Å². The fourth-order valence-corrected chi connectivity index (χ4v) is 0.590. The van der Waals surface area contributed by atoms with E-state index < -0.39 is 0 Å². The van der Waals surface area contributed by atoms with Crippen LogP contribution in [0.3, 0.4) is 0 Å². The molecule has 2 N–H and O–H groups in total. The number of hydrogen-bond acceptors (Lipinski definition) is 2. The lowest BCUT2D eigenvalue weighted by Gasteiger charge is -1.70. The Bertz CT molecular complexity index is 238. The standard InChI is InChI=1S/C5H5N.C4H5N.CH2O2/c1-2-4-6-5-3-1;1-2-4-5-3-1;2-1-3/h1-5H;1-5H;1H,(H,2,3). The summed E-state index contributed by atoms with van der Waals surface area (Å²) in [6.07, 6.45) is 7.25. The molecule has 4 heteroatoms. The monoisotopic (exact) mass is 192 g/mol. The summed E-state index contributed by atoms with van der Waals surface area (Å²) in [6, 6.07) is 9.60. The Morgan fingerprint density at radius 1 is 1.00 bits per heavy atom. The number of H-pyrrole nitrogens is 1. The molecule has 0 fully saturated rings. The normalized spacial score (nSPS) is 7.14. The van der Waals surface area contributed by atoms with Crippen LogP contribution in [-0.2, 0) is 4.79 Å². The van der Waals surface area contributed by atoms with E-state index in [-0.39, 0.29) is 6.47 Å². The molecule has 0 spiro atoms. The molecule has 2 aromatic rings. The summed E-state index contributed by atoms with van der Waals surface area (Å²) in [5.41, 5.74) is 0. The quantitative estimate of drug-likeness (QED) is 0.625. The smallest absolute Gasteiger partial charge is 0.290 e. The van der Waals surface area contributed by atoms with Crippen LogP contribution >= 0.6 is 0 Å². The summed E-state index contributed by atoms with van der Waals surface area (Å²) >= 11 is 0. The molecule has 2 rings (SSSR count). The van der Waals surface area contributed by atoms with Crippen molar-refractivity contribution in [3.63, 3.8) is 0 Å². The summed E-state index contributed by atoms with van der Waals surface area (Å²) < 4.78 is 0. The molecule has 0 saturated heterocycles. The lowest BCUT2D eigenvalue weighted by Crippen LogP contribution is -1.58. The van der Waals surface area contributed by atoms with E-state index in [2.05, 4.69) is 9.97 Å². The Morgan fingerprint density at radius 2 is 1.50 bits per heavy atom. The average molecular weight is 192 g/mol. The van der Waals surface area contributed by atoms with Gasteiger partial charge in [-0.05, 0) is 24.3 Å². The van der Waals surface area contributed by atoms with Gasteiger partial charge in [0.25, 0.3) is 6.47 Å². The Morgan fingerprint density at radius 3 is 1.64 bits per heavy atom. The third kappa shape index (κ3) is 9.90. The number of nitrogens with zero attached hydrogens (tertiary/aromatic N) is 1. The van der Waals surface area contributed by atoms with Crippen LogP contribution in [-0.4, -0.2) is 21.5 Å². The maximum atomic E-state index is 8.36. The van der Waals surface area contributed by atoms with Crippen LogP contribution in [0.4, 0.5) is 0 Å². The second-order valence-electron chi connectivity index (χ2n) is 2.01. The molecule has 74 valence electrons. The highest BCUT2D eigenvalue weighted by molar-refractivity contribution is 5.32. The van der Waals surface area contributed by atoms with Crippen molar-refractivity contribution >= 4 is 6.47 Å². The van der Waals surface area contributed by atoms with E-state index in [9.17, 15) is 0 Å². The third-order valence-corrected chi connectivity index (χ3v) is 1.06. The first kappa shape index (κ1) is 11.9. The molecule has 0 aromatic carbocycles. The summed E-state index contributed by atoms with van der Waals surface area (Å²) in [5, 5.41) is 6.89. The molecule has 0 radical (unpaired) electrons. The van der Waals surface area contributed by atoms with Gasteiger partial charge in [0.05, 0.1) is 0 Å². The van der Waals surface area contributed by atoms with Gasteiger partial charge in [-0.15, -0.1) is 0 Å². The molecule has 0 aliphatic heterocycles. The first-order chi connectivity index (χ1) is 6.91. The molecule has 0 unspecified atom stereocenters. The minimum absolute atomic E-state index is 0.250. The van der Waals surface area contributed by atoms with Crippen LogP contribution in [0.15, 0.2) is 55.1 Å². The third-order valence-electron chi connectivity index (χ3n) is 1.06. The van der Waals surface area contributed by atoms with Crippen molar-refractivity contribution < 1.29 is 9.90 Å². The SMILES string of the molecule is O=CO.c1cc[nH]c1.c1ccncc1. The van der Waals surface area contributed by atoms with Crippen molar-refractivity contribution in [2.75, 3.05) is 0 Å². The zero-order chi connectivity index (χ0) is 10.5. The lowest BCUT2D eigenvalue weighted by atomic mass is 10.5. The molecule has 0 aliphatic carbocycles. The molecule has 0 bridgehead atoms. The van der Waals surface area contributed by atoms with E-state index in [0.29, 0.717) is 0 Å². The van der Waals surface area contributed by atoms with Gasteiger partial charge in [0, 0.05) is 24.8 Å². The minimum Gasteiger partial charge on any atom is -0.483 e. The summed E-state index contributed by atoms with van der Waals surface area (Å²) in [5.74, 6) is 0. The number of aromatic amines is 1. The minimum atomic E-state index is -0.250.